The fraction of sp³-hybridized carbons (Fsp3) is 0. The zero-order valence-corrected chi connectivity index (χ0v) is 9.46. The lowest BCUT2D eigenvalue weighted by Crippen LogP contribution is -1.96. The van der Waals surface area contributed by atoms with Crippen molar-refractivity contribution < 1.29 is 14.3 Å². The van der Waals surface area contributed by atoms with Gasteiger partial charge in [-0.1, -0.05) is 43.0 Å². The van der Waals surface area contributed by atoms with E-state index in [2.05, 4.69) is 24.5 Å². The Hall–Kier alpha value is -2.42. The molecule has 1 aliphatic rings. The van der Waals surface area contributed by atoms with Crippen molar-refractivity contribution in [3.63, 3.8) is 0 Å². The molecule has 0 N–H and O–H groups in total. The van der Waals surface area contributed by atoms with E-state index in [1.807, 2.05) is 36.4 Å². The molecule has 0 radical (unpaired) electrons. The third-order valence-corrected chi connectivity index (χ3v) is 1.59. The van der Waals surface area contributed by atoms with Crippen LogP contribution in [0.4, 0.5) is 0 Å². The number of carbonyl (C=O) groups excluding carboxylic acids is 2. The molecule has 0 aliphatic carbocycles. The van der Waals surface area contributed by atoms with Crippen molar-refractivity contribution in [3.05, 3.63) is 67.8 Å². The molecule has 0 aromatic heterocycles. The number of cyclic esters (lactones) is 2. The van der Waals surface area contributed by atoms with Crippen LogP contribution in [0.3, 0.4) is 0 Å². The average Bonchev–Trinajstić information content (AvgIpc) is 2.77. The van der Waals surface area contributed by atoms with E-state index in [1.165, 1.54) is 5.56 Å². The van der Waals surface area contributed by atoms with Gasteiger partial charge in [0.25, 0.3) is 0 Å². The highest BCUT2D eigenvalue weighted by Gasteiger charge is 2.10. The molecular formula is C14H14O3. The minimum Gasteiger partial charge on any atom is -0.387 e. The first-order valence-corrected chi connectivity index (χ1v) is 4.83. The van der Waals surface area contributed by atoms with Crippen LogP contribution in [0.5, 0.6) is 0 Å². The van der Waals surface area contributed by atoms with Crippen molar-refractivity contribution in [3.8, 4) is 0 Å². The molecule has 1 aliphatic heterocycles. The van der Waals surface area contributed by atoms with Gasteiger partial charge in [0.15, 0.2) is 0 Å². The molecule has 17 heavy (non-hydrogen) atoms. The van der Waals surface area contributed by atoms with E-state index in [1.54, 1.807) is 0 Å². The fourth-order valence-electron chi connectivity index (χ4n) is 0.892. The SMILES string of the molecule is C=C.C=Cc1ccccc1.O=C1C=CC(=O)O1. The van der Waals surface area contributed by atoms with Crippen molar-refractivity contribution in [2.45, 2.75) is 0 Å². The van der Waals surface area contributed by atoms with Gasteiger partial charge in [-0.15, -0.1) is 13.2 Å². The smallest absolute Gasteiger partial charge is 0.338 e. The van der Waals surface area contributed by atoms with Gasteiger partial charge in [0.05, 0.1) is 0 Å². The lowest BCUT2D eigenvalue weighted by Gasteiger charge is -1.85. The van der Waals surface area contributed by atoms with Crippen LogP contribution in [0.15, 0.2) is 62.2 Å². The largest absolute Gasteiger partial charge is 0.387 e. The summed E-state index contributed by atoms with van der Waals surface area (Å²) in [4.78, 5) is 19.8. The monoisotopic (exact) mass is 230 g/mol. The Morgan fingerprint density at radius 1 is 0.941 bits per heavy atom. The second kappa shape index (κ2) is 8.85. The lowest BCUT2D eigenvalue weighted by atomic mass is 10.2. The van der Waals surface area contributed by atoms with Gasteiger partial charge in [0, 0.05) is 12.2 Å². The van der Waals surface area contributed by atoms with Gasteiger partial charge in [-0.25, -0.2) is 9.59 Å². The van der Waals surface area contributed by atoms with E-state index >= 15 is 0 Å². The van der Waals surface area contributed by atoms with Gasteiger partial charge in [0.2, 0.25) is 0 Å². The van der Waals surface area contributed by atoms with Crippen LogP contribution in [0, 0.1) is 0 Å². The molecule has 2 rings (SSSR count). The van der Waals surface area contributed by atoms with Crippen LogP contribution in [0.25, 0.3) is 6.08 Å². The van der Waals surface area contributed by atoms with Gasteiger partial charge < -0.3 is 4.74 Å². The van der Waals surface area contributed by atoms with Crippen molar-refractivity contribution in [1.29, 1.82) is 0 Å². The number of rotatable bonds is 1. The number of hydrogen-bond donors (Lipinski definition) is 0. The second-order valence-electron chi connectivity index (χ2n) is 2.69. The maximum Gasteiger partial charge on any atom is 0.338 e. The van der Waals surface area contributed by atoms with Crippen molar-refractivity contribution >= 4 is 18.0 Å². The third-order valence-electron chi connectivity index (χ3n) is 1.59. The highest BCUT2D eigenvalue weighted by Crippen LogP contribution is 1.97. The lowest BCUT2D eigenvalue weighted by molar-refractivity contribution is -0.150. The molecule has 0 atom stereocenters. The topological polar surface area (TPSA) is 43.4 Å². The molecule has 0 saturated carbocycles. The second-order valence-corrected chi connectivity index (χ2v) is 2.69. The summed E-state index contributed by atoms with van der Waals surface area (Å²) in [6, 6.07) is 10.0. The van der Waals surface area contributed by atoms with E-state index in [9.17, 15) is 9.59 Å². The summed E-state index contributed by atoms with van der Waals surface area (Å²) in [6.07, 6.45) is 4.00. The van der Waals surface area contributed by atoms with E-state index in [0.717, 1.165) is 12.2 Å². The normalized spacial score (nSPS) is 11.5. The summed E-state index contributed by atoms with van der Waals surface area (Å²) in [5.74, 6) is -1.16. The molecule has 3 heteroatoms. The van der Waals surface area contributed by atoms with Gasteiger partial charge in [-0.3, -0.25) is 0 Å². The molecule has 3 nitrogen and oxygen atoms in total. The van der Waals surface area contributed by atoms with Crippen LogP contribution in [0.1, 0.15) is 5.56 Å². The Balaban J connectivity index is 0.000000265. The Labute approximate surface area is 101 Å². The summed E-state index contributed by atoms with van der Waals surface area (Å²) in [6.45, 7) is 9.63. The van der Waals surface area contributed by atoms with Crippen LogP contribution in [0.2, 0.25) is 0 Å². The number of hydrogen-bond acceptors (Lipinski definition) is 3. The molecule has 0 fully saturated rings. The van der Waals surface area contributed by atoms with E-state index in [4.69, 9.17) is 0 Å². The van der Waals surface area contributed by atoms with Crippen LogP contribution < -0.4 is 0 Å². The first-order chi connectivity index (χ1) is 8.22. The van der Waals surface area contributed by atoms with Gasteiger partial charge in [0.1, 0.15) is 0 Å². The molecular weight excluding hydrogens is 216 g/mol. The van der Waals surface area contributed by atoms with Gasteiger partial charge in [-0.05, 0) is 5.56 Å². The van der Waals surface area contributed by atoms with Crippen LogP contribution in [-0.4, -0.2) is 11.9 Å². The third kappa shape index (κ3) is 6.62. The maximum atomic E-state index is 9.92. The zero-order valence-electron chi connectivity index (χ0n) is 9.46. The number of carbonyl (C=O) groups is 2. The average molecular weight is 230 g/mol. The molecule has 0 unspecified atom stereocenters. The molecule has 1 aromatic rings. The molecule has 88 valence electrons. The van der Waals surface area contributed by atoms with E-state index in [0.29, 0.717) is 0 Å². The van der Waals surface area contributed by atoms with Crippen LogP contribution >= 0.6 is 0 Å². The zero-order chi connectivity index (χ0) is 13.1. The maximum absolute atomic E-state index is 9.92. The minimum absolute atomic E-state index is 0.579. The summed E-state index contributed by atoms with van der Waals surface area (Å²) in [5, 5.41) is 0. The fourth-order valence-corrected chi connectivity index (χ4v) is 0.892. The summed E-state index contributed by atoms with van der Waals surface area (Å²) in [5.41, 5.74) is 1.17. The Kier molecular flexibility index (Phi) is 7.59. The highest BCUT2D eigenvalue weighted by atomic mass is 16.6. The predicted molar refractivity (Wildman–Crippen MR) is 68.0 cm³/mol. The molecule has 1 aromatic carbocycles. The Morgan fingerprint density at radius 2 is 1.41 bits per heavy atom. The Bertz CT molecular complexity index is 389. The van der Waals surface area contributed by atoms with E-state index < -0.39 is 11.9 Å². The summed E-state index contributed by atoms with van der Waals surface area (Å²) in [7, 11) is 0. The summed E-state index contributed by atoms with van der Waals surface area (Å²) >= 11 is 0. The molecule has 0 saturated heterocycles. The summed E-state index contributed by atoms with van der Waals surface area (Å²) < 4.78 is 3.97. The predicted octanol–water partition coefficient (Wildman–Crippen LogP) is 2.76. The standard InChI is InChI=1S/C8H8.C4H2O3.C2H4/c1-2-8-6-4-3-5-7-8;5-3-1-2-4(6)7-3;1-2/h2-7H,1H2;1-2H;1-2H2. The molecule has 1 heterocycles. The number of ether oxygens (including phenoxy) is 1. The Morgan fingerprint density at radius 3 is 1.65 bits per heavy atom. The first-order valence-electron chi connectivity index (χ1n) is 4.83. The molecule has 0 amide bonds. The minimum atomic E-state index is -0.579. The van der Waals surface area contributed by atoms with Gasteiger partial charge >= 0.3 is 11.9 Å². The highest BCUT2D eigenvalue weighted by molar-refractivity contribution is 6.04. The van der Waals surface area contributed by atoms with E-state index in [-0.39, 0.29) is 0 Å². The van der Waals surface area contributed by atoms with Crippen molar-refractivity contribution in [2.24, 2.45) is 0 Å². The first kappa shape index (κ1) is 14.6. The molecule has 0 spiro atoms. The quantitative estimate of drug-likeness (QED) is 0.423. The van der Waals surface area contributed by atoms with Crippen LogP contribution in [-0.2, 0) is 14.3 Å². The number of esters is 2. The van der Waals surface area contributed by atoms with Crippen molar-refractivity contribution in [1.82, 2.24) is 0 Å². The number of benzene rings is 1. The van der Waals surface area contributed by atoms with Gasteiger partial charge in [-0.2, -0.15) is 0 Å². The van der Waals surface area contributed by atoms with Crippen molar-refractivity contribution in [2.75, 3.05) is 0 Å². The molecule has 0 bridgehead atoms.